The van der Waals surface area contributed by atoms with Gasteiger partial charge in [-0.05, 0) is 29.7 Å². The fourth-order valence-corrected chi connectivity index (χ4v) is 6.16. The summed E-state index contributed by atoms with van der Waals surface area (Å²) in [6, 6.07) is 45.5. The lowest BCUT2D eigenvalue weighted by atomic mass is 10.0. The van der Waals surface area contributed by atoms with Crippen molar-refractivity contribution in [3.63, 3.8) is 0 Å². The minimum atomic E-state index is 0.574. The van der Waals surface area contributed by atoms with Gasteiger partial charge in [-0.25, -0.2) is 4.98 Å². The number of hydrogen-bond acceptors (Lipinski definition) is 4. The molecule has 9 rings (SSSR count). The normalized spacial score (nSPS) is 11.8. The Labute approximate surface area is 240 Å². The van der Waals surface area contributed by atoms with Gasteiger partial charge in [-0.3, -0.25) is 4.57 Å². The maximum Gasteiger partial charge on any atom is 0.238 e. The summed E-state index contributed by atoms with van der Waals surface area (Å²) in [4.78, 5) is 15.0. The van der Waals surface area contributed by atoms with E-state index in [1.165, 1.54) is 0 Å². The van der Waals surface area contributed by atoms with Crippen molar-refractivity contribution >= 4 is 54.5 Å². The molecule has 0 N–H and O–H groups in total. The molecule has 0 aliphatic rings. The van der Waals surface area contributed by atoms with E-state index in [4.69, 9.17) is 19.4 Å². The molecule has 196 valence electrons. The van der Waals surface area contributed by atoms with Gasteiger partial charge in [0, 0.05) is 38.1 Å². The molecule has 0 saturated carbocycles. The zero-order chi connectivity index (χ0) is 27.6. The van der Waals surface area contributed by atoms with Crippen LogP contribution >= 0.6 is 0 Å². The lowest BCUT2D eigenvalue weighted by Gasteiger charge is -2.11. The van der Waals surface area contributed by atoms with Gasteiger partial charge in [0.1, 0.15) is 11.2 Å². The zero-order valence-corrected chi connectivity index (χ0v) is 22.4. The molecule has 42 heavy (non-hydrogen) atoms. The molecule has 0 radical (unpaired) electrons. The van der Waals surface area contributed by atoms with Gasteiger partial charge in [0.25, 0.3) is 0 Å². The first-order valence-corrected chi connectivity index (χ1v) is 14.0. The quantitative estimate of drug-likeness (QED) is 0.225. The van der Waals surface area contributed by atoms with Gasteiger partial charge in [-0.15, -0.1) is 0 Å². The van der Waals surface area contributed by atoms with Crippen molar-refractivity contribution in [1.29, 1.82) is 0 Å². The maximum absolute atomic E-state index is 6.54. The SMILES string of the molecule is c1ccc(-c2nc(-c3ccccc3)nc(-n3c4ccccc4c4c5c(ccc6c7ccccc7oc65)ccc43)n2)cc1. The molecule has 6 aromatic carbocycles. The van der Waals surface area contributed by atoms with Crippen molar-refractivity contribution in [3.05, 3.63) is 133 Å². The van der Waals surface area contributed by atoms with Crippen LogP contribution in [0.15, 0.2) is 138 Å². The minimum absolute atomic E-state index is 0.574. The molecular weight excluding hydrogens is 516 g/mol. The molecule has 0 amide bonds. The third-order valence-electron chi connectivity index (χ3n) is 8.05. The number of aromatic nitrogens is 4. The third kappa shape index (κ3) is 3.34. The predicted octanol–water partition coefficient (Wildman–Crippen LogP) is 9.36. The fourth-order valence-electron chi connectivity index (χ4n) is 6.16. The highest BCUT2D eigenvalue weighted by Crippen LogP contribution is 2.42. The Morgan fingerprint density at radius 1 is 0.452 bits per heavy atom. The lowest BCUT2D eigenvalue weighted by molar-refractivity contribution is 0.673. The molecule has 0 atom stereocenters. The Hall–Kier alpha value is -5.81. The number of fused-ring (bicyclic) bond motifs is 9. The Balaban J connectivity index is 1.42. The smallest absolute Gasteiger partial charge is 0.238 e. The van der Waals surface area contributed by atoms with Crippen LogP contribution in [0.25, 0.3) is 83.2 Å². The van der Waals surface area contributed by atoms with Crippen molar-refractivity contribution in [2.24, 2.45) is 0 Å². The Morgan fingerprint density at radius 3 is 1.81 bits per heavy atom. The summed E-state index contributed by atoms with van der Waals surface area (Å²) in [7, 11) is 0. The molecule has 0 spiro atoms. The summed E-state index contributed by atoms with van der Waals surface area (Å²) in [6.07, 6.45) is 0. The molecule has 0 fully saturated rings. The Kier molecular flexibility index (Phi) is 4.83. The fraction of sp³-hybridized carbons (Fsp3) is 0. The van der Waals surface area contributed by atoms with Crippen molar-refractivity contribution in [1.82, 2.24) is 19.5 Å². The van der Waals surface area contributed by atoms with E-state index in [1.807, 2.05) is 72.8 Å². The van der Waals surface area contributed by atoms with E-state index in [-0.39, 0.29) is 0 Å². The molecule has 0 bridgehead atoms. The van der Waals surface area contributed by atoms with Crippen LogP contribution in [-0.4, -0.2) is 19.5 Å². The van der Waals surface area contributed by atoms with Crippen molar-refractivity contribution in [3.8, 4) is 28.7 Å². The van der Waals surface area contributed by atoms with Crippen LogP contribution in [0.3, 0.4) is 0 Å². The van der Waals surface area contributed by atoms with Crippen LogP contribution in [0.5, 0.6) is 0 Å². The Morgan fingerprint density at radius 2 is 1.07 bits per heavy atom. The van der Waals surface area contributed by atoms with Crippen LogP contribution in [0.2, 0.25) is 0 Å². The van der Waals surface area contributed by atoms with Crippen LogP contribution in [-0.2, 0) is 0 Å². The number of benzene rings is 6. The van der Waals surface area contributed by atoms with Crippen molar-refractivity contribution in [2.75, 3.05) is 0 Å². The van der Waals surface area contributed by atoms with E-state index >= 15 is 0 Å². The summed E-state index contributed by atoms with van der Waals surface area (Å²) < 4.78 is 8.70. The van der Waals surface area contributed by atoms with Crippen LogP contribution in [0.4, 0.5) is 0 Å². The first-order valence-electron chi connectivity index (χ1n) is 14.0. The molecule has 0 unspecified atom stereocenters. The first-order chi connectivity index (χ1) is 20.8. The van der Waals surface area contributed by atoms with Crippen LogP contribution in [0, 0.1) is 0 Å². The second-order valence-corrected chi connectivity index (χ2v) is 10.5. The molecule has 0 aliphatic heterocycles. The summed E-state index contributed by atoms with van der Waals surface area (Å²) in [5.41, 5.74) is 5.70. The number of nitrogens with zero attached hydrogens (tertiary/aromatic N) is 4. The lowest BCUT2D eigenvalue weighted by Crippen LogP contribution is -2.06. The second kappa shape index (κ2) is 8.85. The van der Waals surface area contributed by atoms with Gasteiger partial charge in [-0.1, -0.05) is 109 Å². The third-order valence-corrected chi connectivity index (χ3v) is 8.05. The molecule has 3 heterocycles. The van der Waals surface area contributed by atoms with Crippen LogP contribution < -0.4 is 0 Å². The number of para-hydroxylation sites is 2. The van der Waals surface area contributed by atoms with Gasteiger partial charge in [0.05, 0.1) is 11.0 Å². The van der Waals surface area contributed by atoms with Crippen molar-refractivity contribution in [2.45, 2.75) is 0 Å². The molecule has 0 aliphatic carbocycles. The molecule has 9 aromatic rings. The van der Waals surface area contributed by atoms with E-state index < -0.39 is 0 Å². The topological polar surface area (TPSA) is 56.7 Å². The van der Waals surface area contributed by atoms with Gasteiger partial charge >= 0.3 is 0 Å². The van der Waals surface area contributed by atoms with Gasteiger partial charge in [0.2, 0.25) is 5.95 Å². The van der Waals surface area contributed by atoms with Crippen molar-refractivity contribution < 1.29 is 4.42 Å². The summed E-state index contributed by atoms with van der Waals surface area (Å²) in [5.74, 6) is 1.83. The first kappa shape index (κ1) is 22.9. The molecular formula is C37H22N4O. The Bertz CT molecular complexity index is 2400. The second-order valence-electron chi connectivity index (χ2n) is 10.5. The molecule has 0 saturated heterocycles. The summed E-state index contributed by atoms with van der Waals surface area (Å²) >= 11 is 0. The van der Waals surface area contributed by atoms with E-state index in [1.54, 1.807) is 0 Å². The minimum Gasteiger partial charge on any atom is -0.455 e. The van der Waals surface area contributed by atoms with Gasteiger partial charge < -0.3 is 4.42 Å². The number of hydrogen-bond donors (Lipinski definition) is 0. The van der Waals surface area contributed by atoms with Crippen LogP contribution in [0.1, 0.15) is 0 Å². The summed E-state index contributed by atoms with van der Waals surface area (Å²) in [5, 5.41) is 6.69. The number of furan rings is 1. The van der Waals surface area contributed by atoms with E-state index in [9.17, 15) is 0 Å². The highest BCUT2D eigenvalue weighted by Gasteiger charge is 2.21. The monoisotopic (exact) mass is 538 g/mol. The summed E-state index contributed by atoms with van der Waals surface area (Å²) in [6.45, 7) is 0. The molecule has 5 heteroatoms. The van der Waals surface area contributed by atoms with E-state index in [2.05, 4.69) is 65.2 Å². The standard InChI is InChI=1S/C37H22N4O/c1-3-11-24(12-4-1)35-38-36(25-13-5-2-6-14-25)40-37(39-35)41-29-17-9-7-16-28(29)33-30(41)22-20-23-19-21-27-26-15-8-10-18-31(26)42-34(27)32(23)33/h1-22H. The predicted molar refractivity (Wildman–Crippen MR) is 170 cm³/mol. The maximum atomic E-state index is 6.54. The largest absolute Gasteiger partial charge is 0.455 e. The molecule has 3 aromatic heterocycles. The number of rotatable bonds is 3. The van der Waals surface area contributed by atoms with Gasteiger partial charge in [0.15, 0.2) is 11.6 Å². The molecule has 5 nitrogen and oxygen atoms in total. The highest BCUT2D eigenvalue weighted by atomic mass is 16.3. The highest BCUT2D eigenvalue weighted by molar-refractivity contribution is 6.29. The van der Waals surface area contributed by atoms with Gasteiger partial charge in [-0.2, -0.15) is 9.97 Å². The average Bonchev–Trinajstić information content (AvgIpc) is 3.61. The average molecular weight is 539 g/mol. The van der Waals surface area contributed by atoms with E-state index in [0.29, 0.717) is 17.6 Å². The van der Waals surface area contributed by atoms with E-state index in [0.717, 1.165) is 65.6 Å². The zero-order valence-electron chi connectivity index (χ0n) is 22.4.